The molecule has 1 aliphatic rings. The molecule has 0 atom stereocenters. The lowest BCUT2D eigenvalue weighted by Gasteiger charge is -2.12. The van der Waals surface area contributed by atoms with Gasteiger partial charge in [-0.3, -0.25) is 9.48 Å². The SMILES string of the molecule is Cc1cc(C)n(Cc2cccc(/C(N)=N/OCC(=O)NCCC3=CCCCC3)c2)n1. The second-order valence-corrected chi connectivity index (χ2v) is 7.74. The van der Waals surface area contributed by atoms with Crippen LogP contribution in [0.25, 0.3) is 0 Å². The second-order valence-electron chi connectivity index (χ2n) is 7.74. The van der Waals surface area contributed by atoms with Crippen molar-refractivity contribution in [2.24, 2.45) is 10.9 Å². The smallest absolute Gasteiger partial charge is 0.260 e. The molecule has 30 heavy (non-hydrogen) atoms. The van der Waals surface area contributed by atoms with E-state index < -0.39 is 0 Å². The Balaban J connectivity index is 1.46. The number of hydrogen-bond acceptors (Lipinski definition) is 4. The van der Waals surface area contributed by atoms with Crippen LogP contribution in [0.15, 0.2) is 47.1 Å². The van der Waals surface area contributed by atoms with E-state index >= 15 is 0 Å². The first-order valence-corrected chi connectivity index (χ1v) is 10.5. The molecule has 0 fully saturated rings. The number of rotatable bonds is 9. The van der Waals surface area contributed by atoms with E-state index in [-0.39, 0.29) is 18.3 Å². The van der Waals surface area contributed by atoms with Crippen molar-refractivity contribution in [1.29, 1.82) is 0 Å². The van der Waals surface area contributed by atoms with Crippen LogP contribution in [0.4, 0.5) is 0 Å². The van der Waals surface area contributed by atoms with Crippen molar-refractivity contribution in [3.63, 3.8) is 0 Å². The normalized spacial score (nSPS) is 14.3. The predicted molar refractivity (Wildman–Crippen MR) is 118 cm³/mol. The first kappa shape index (κ1) is 21.6. The fraction of sp³-hybridized carbons (Fsp3) is 0.435. The van der Waals surface area contributed by atoms with Crippen LogP contribution in [0.3, 0.4) is 0 Å². The molecule has 1 aliphatic carbocycles. The van der Waals surface area contributed by atoms with Crippen molar-refractivity contribution < 1.29 is 9.63 Å². The molecular formula is C23H31N5O2. The molecule has 7 heteroatoms. The number of benzene rings is 1. The summed E-state index contributed by atoms with van der Waals surface area (Å²) in [5, 5.41) is 11.3. The summed E-state index contributed by atoms with van der Waals surface area (Å²) in [6, 6.07) is 9.81. The van der Waals surface area contributed by atoms with E-state index in [0.29, 0.717) is 13.1 Å². The van der Waals surface area contributed by atoms with Gasteiger partial charge >= 0.3 is 0 Å². The average molecular weight is 410 g/mol. The first-order chi connectivity index (χ1) is 14.5. The van der Waals surface area contributed by atoms with Gasteiger partial charge in [-0.1, -0.05) is 35.0 Å². The van der Waals surface area contributed by atoms with Gasteiger partial charge in [-0.25, -0.2) is 0 Å². The van der Waals surface area contributed by atoms with Crippen LogP contribution < -0.4 is 11.1 Å². The first-order valence-electron chi connectivity index (χ1n) is 10.5. The van der Waals surface area contributed by atoms with Crippen molar-refractivity contribution in [2.75, 3.05) is 13.2 Å². The molecule has 1 aromatic heterocycles. The van der Waals surface area contributed by atoms with Crippen LogP contribution in [0.5, 0.6) is 0 Å². The lowest BCUT2D eigenvalue weighted by Crippen LogP contribution is -2.28. The highest BCUT2D eigenvalue weighted by molar-refractivity contribution is 5.97. The molecular weight excluding hydrogens is 378 g/mol. The van der Waals surface area contributed by atoms with Gasteiger partial charge in [0.05, 0.1) is 12.2 Å². The van der Waals surface area contributed by atoms with Gasteiger partial charge in [-0.05, 0) is 63.6 Å². The maximum Gasteiger partial charge on any atom is 0.260 e. The number of carbonyl (C=O) groups excluding carboxylic acids is 1. The highest BCUT2D eigenvalue weighted by Gasteiger charge is 2.07. The molecule has 0 spiro atoms. The van der Waals surface area contributed by atoms with Gasteiger partial charge in [0.1, 0.15) is 0 Å². The molecule has 0 saturated carbocycles. The molecule has 3 N–H and O–H groups in total. The molecule has 3 rings (SSSR count). The van der Waals surface area contributed by atoms with Crippen molar-refractivity contribution >= 4 is 11.7 Å². The van der Waals surface area contributed by atoms with Gasteiger partial charge in [-0.15, -0.1) is 0 Å². The van der Waals surface area contributed by atoms with Gasteiger partial charge in [0.15, 0.2) is 12.4 Å². The summed E-state index contributed by atoms with van der Waals surface area (Å²) in [5.74, 6) is 0.0478. The summed E-state index contributed by atoms with van der Waals surface area (Å²) >= 11 is 0. The zero-order valence-corrected chi connectivity index (χ0v) is 17.9. The number of amidine groups is 1. The number of nitrogens with one attached hydrogen (secondary N) is 1. The molecule has 1 aromatic carbocycles. The van der Waals surface area contributed by atoms with Crippen molar-refractivity contribution in [3.8, 4) is 0 Å². The molecule has 1 heterocycles. The van der Waals surface area contributed by atoms with E-state index in [4.69, 9.17) is 10.6 Å². The van der Waals surface area contributed by atoms with Gasteiger partial charge in [0.2, 0.25) is 0 Å². The topological polar surface area (TPSA) is 94.5 Å². The van der Waals surface area contributed by atoms with Crippen molar-refractivity contribution in [2.45, 2.75) is 52.5 Å². The average Bonchev–Trinajstić information content (AvgIpc) is 3.05. The summed E-state index contributed by atoms with van der Waals surface area (Å²) in [5.41, 5.74) is 11.4. The predicted octanol–water partition coefficient (Wildman–Crippen LogP) is 3.19. The van der Waals surface area contributed by atoms with E-state index in [1.165, 1.54) is 18.4 Å². The van der Waals surface area contributed by atoms with Crippen LogP contribution in [0, 0.1) is 13.8 Å². The molecule has 0 unspecified atom stereocenters. The number of oxime groups is 1. The fourth-order valence-corrected chi connectivity index (χ4v) is 3.60. The molecule has 1 amide bonds. The molecule has 2 aromatic rings. The minimum atomic E-state index is -0.193. The standard InChI is InChI=1S/C23H31N5O2/c1-17-13-18(2)28(26-17)15-20-9-6-10-21(14-20)23(24)27-30-16-22(29)25-12-11-19-7-4-3-5-8-19/h6-7,9-10,13-14H,3-5,8,11-12,15-16H2,1-2H3,(H2,24,27)(H,25,29). The Hall–Kier alpha value is -3.09. The molecule has 7 nitrogen and oxygen atoms in total. The van der Waals surface area contributed by atoms with Crippen LogP contribution in [-0.4, -0.2) is 34.7 Å². The molecule has 0 saturated heterocycles. The number of nitrogens with two attached hydrogens (primary N) is 1. The summed E-state index contributed by atoms with van der Waals surface area (Å²) in [6.07, 6.45) is 8.02. The Labute approximate surface area is 178 Å². The number of hydrogen-bond donors (Lipinski definition) is 2. The van der Waals surface area contributed by atoms with Crippen LogP contribution in [0.2, 0.25) is 0 Å². The number of carbonyl (C=O) groups is 1. The van der Waals surface area contributed by atoms with Gasteiger partial charge < -0.3 is 15.9 Å². The van der Waals surface area contributed by atoms with Crippen LogP contribution >= 0.6 is 0 Å². The van der Waals surface area contributed by atoms with E-state index in [1.807, 2.05) is 48.9 Å². The summed E-state index contributed by atoms with van der Waals surface area (Å²) in [7, 11) is 0. The minimum absolute atomic E-state index is 0.148. The second kappa shape index (κ2) is 10.6. The maximum absolute atomic E-state index is 11.9. The van der Waals surface area contributed by atoms with Crippen LogP contribution in [-0.2, 0) is 16.2 Å². The zero-order chi connectivity index (χ0) is 21.3. The third-order valence-electron chi connectivity index (χ3n) is 5.17. The Kier molecular flexibility index (Phi) is 7.65. The Morgan fingerprint density at radius 1 is 1.30 bits per heavy atom. The third kappa shape index (κ3) is 6.47. The van der Waals surface area contributed by atoms with Crippen LogP contribution in [0.1, 0.15) is 54.6 Å². The van der Waals surface area contributed by atoms with Gasteiger partial charge in [0, 0.05) is 17.8 Å². The molecule has 0 bridgehead atoms. The monoisotopic (exact) mass is 409 g/mol. The quantitative estimate of drug-likeness (QED) is 0.288. The van der Waals surface area contributed by atoms with Crippen molar-refractivity contribution in [1.82, 2.24) is 15.1 Å². The Morgan fingerprint density at radius 3 is 2.90 bits per heavy atom. The van der Waals surface area contributed by atoms with Gasteiger partial charge in [-0.2, -0.15) is 5.10 Å². The molecule has 160 valence electrons. The van der Waals surface area contributed by atoms with Gasteiger partial charge in [0.25, 0.3) is 5.91 Å². The summed E-state index contributed by atoms with van der Waals surface area (Å²) in [4.78, 5) is 17.1. The largest absolute Gasteiger partial charge is 0.384 e. The van der Waals surface area contributed by atoms with E-state index in [1.54, 1.807) is 0 Å². The number of nitrogens with zero attached hydrogens (tertiary/aromatic N) is 3. The number of amides is 1. The number of aryl methyl sites for hydroxylation is 2. The van der Waals surface area contributed by atoms with E-state index in [0.717, 1.165) is 41.8 Å². The number of aromatic nitrogens is 2. The summed E-state index contributed by atoms with van der Waals surface area (Å²) < 4.78 is 1.95. The molecule has 0 aliphatic heterocycles. The van der Waals surface area contributed by atoms with E-state index in [2.05, 4.69) is 21.6 Å². The highest BCUT2D eigenvalue weighted by Crippen LogP contribution is 2.19. The maximum atomic E-state index is 11.9. The van der Waals surface area contributed by atoms with Crippen molar-refractivity contribution in [3.05, 3.63) is 64.5 Å². The Bertz CT molecular complexity index is 929. The molecule has 0 radical (unpaired) electrons. The number of allylic oxidation sites excluding steroid dienone is 1. The fourth-order valence-electron chi connectivity index (χ4n) is 3.60. The Morgan fingerprint density at radius 2 is 2.17 bits per heavy atom. The van der Waals surface area contributed by atoms with E-state index in [9.17, 15) is 4.79 Å². The highest BCUT2D eigenvalue weighted by atomic mass is 16.6. The minimum Gasteiger partial charge on any atom is -0.384 e. The zero-order valence-electron chi connectivity index (χ0n) is 17.9. The lowest BCUT2D eigenvalue weighted by molar-refractivity contribution is -0.125. The third-order valence-corrected chi connectivity index (χ3v) is 5.17. The summed E-state index contributed by atoms with van der Waals surface area (Å²) in [6.45, 7) is 5.14. The lowest BCUT2D eigenvalue weighted by atomic mass is 9.97.